The summed E-state index contributed by atoms with van der Waals surface area (Å²) in [4.78, 5) is 11.1. The lowest BCUT2D eigenvalue weighted by Gasteiger charge is -1.94. The molecule has 0 saturated heterocycles. The van der Waals surface area contributed by atoms with Crippen LogP contribution in [0.15, 0.2) is 48.6 Å². The summed E-state index contributed by atoms with van der Waals surface area (Å²) in [6.45, 7) is 3.43. The van der Waals surface area contributed by atoms with Crippen LogP contribution < -0.4 is 0 Å². The van der Waals surface area contributed by atoms with Gasteiger partial charge in [-0.3, -0.25) is 4.79 Å². The normalized spacial score (nSPS) is 15.5. The second-order valence-corrected chi connectivity index (χ2v) is 2.28. The van der Waals surface area contributed by atoms with Gasteiger partial charge in [-0.05, 0) is 12.5 Å². The van der Waals surface area contributed by atoms with Gasteiger partial charge in [0.15, 0.2) is 5.78 Å². The Bertz CT molecular complexity index is 254. The van der Waals surface area contributed by atoms with Crippen LogP contribution in [0.5, 0.6) is 0 Å². The fourth-order valence-corrected chi connectivity index (χ4v) is 0.891. The zero-order valence-electron chi connectivity index (χ0n) is 6.29. The zero-order chi connectivity index (χ0) is 8.10. The van der Waals surface area contributed by atoms with Crippen LogP contribution in [0.2, 0.25) is 0 Å². The standard InChI is InChI=1S/C10H10O/c1-2-10(11)9-7-5-3-4-6-8-9/h2-7H,1,8H2. The summed E-state index contributed by atoms with van der Waals surface area (Å²) in [7, 11) is 0. The van der Waals surface area contributed by atoms with Crippen molar-refractivity contribution in [3.8, 4) is 0 Å². The fourth-order valence-electron chi connectivity index (χ4n) is 0.891. The summed E-state index contributed by atoms with van der Waals surface area (Å²) in [5.74, 6) is 0.0150. The third kappa shape index (κ3) is 2.04. The first-order valence-corrected chi connectivity index (χ1v) is 3.53. The van der Waals surface area contributed by atoms with Crippen molar-refractivity contribution in [2.75, 3.05) is 0 Å². The maximum Gasteiger partial charge on any atom is 0.181 e. The van der Waals surface area contributed by atoms with Crippen molar-refractivity contribution in [3.63, 3.8) is 0 Å². The summed E-state index contributed by atoms with van der Waals surface area (Å²) in [5, 5.41) is 0. The van der Waals surface area contributed by atoms with Gasteiger partial charge in [0.2, 0.25) is 0 Å². The van der Waals surface area contributed by atoms with E-state index in [2.05, 4.69) is 6.58 Å². The van der Waals surface area contributed by atoms with Gasteiger partial charge in [-0.2, -0.15) is 0 Å². The van der Waals surface area contributed by atoms with E-state index in [1.165, 1.54) is 6.08 Å². The SMILES string of the molecule is C=CC(=O)C1=CC=CC=CC1. The number of allylic oxidation sites excluding steroid dienone is 7. The number of carbonyl (C=O) groups excluding carboxylic acids is 1. The van der Waals surface area contributed by atoms with Crippen molar-refractivity contribution in [2.24, 2.45) is 0 Å². The van der Waals surface area contributed by atoms with Crippen LogP contribution in [-0.2, 0) is 4.79 Å². The minimum atomic E-state index is 0.0150. The van der Waals surface area contributed by atoms with Gasteiger partial charge in [0.1, 0.15) is 0 Å². The molecular formula is C10H10O. The number of hydrogen-bond donors (Lipinski definition) is 0. The van der Waals surface area contributed by atoms with E-state index in [-0.39, 0.29) is 5.78 Å². The summed E-state index contributed by atoms with van der Waals surface area (Å²) in [6, 6.07) is 0. The van der Waals surface area contributed by atoms with Crippen molar-refractivity contribution >= 4 is 5.78 Å². The molecular weight excluding hydrogens is 136 g/mol. The lowest BCUT2D eigenvalue weighted by atomic mass is 10.1. The van der Waals surface area contributed by atoms with E-state index in [1.54, 1.807) is 0 Å². The van der Waals surface area contributed by atoms with Gasteiger partial charge in [-0.15, -0.1) is 0 Å². The van der Waals surface area contributed by atoms with Crippen molar-refractivity contribution in [1.82, 2.24) is 0 Å². The van der Waals surface area contributed by atoms with Gasteiger partial charge in [0.05, 0.1) is 0 Å². The Morgan fingerprint density at radius 2 is 2.27 bits per heavy atom. The molecule has 56 valence electrons. The minimum Gasteiger partial charge on any atom is -0.290 e. The van der Waals surface area contributed by atoms with E-state index < -0.39 is 0 Å². The molecule has 11 heavy (non-hydrogen) atoms. The van der Waals surface area contributed by atoms with Gasteiger partial charge < -0.3 is 0 Å². The Morgan fingerprint density at radius 1 is 1.45 bits per heavy atom. The number of rotatable bonds is 2. The number of ketones is 1. The molecule has 0 atom stereocenters. The Labute approximate surface area is 66.4 Å². The Hall–Kier alpha value is -1.37. The number of hydrogen-bond acceptors (Lipinski definition) is 1. The van der Waals surface area contributed by atoms with E-state index >= 15 is 0 Å². The molecule has 0 heterocycles. The first-order valence-electron chi connectivity index (χ1n) is 3.53. The quantitative estimate of drug-likeness (QED) is 0.546. The number of carbonyl (C=O) groups is 1. The molecule has 0 bridgehead atoms. The van der Waals surface area contributed by atoms with Crippen LogP contribution in [0.25, 0.3) is 0 Å². The topological polar surface area (TPSA) is 17.1 Å². The first kappa shape index (κ1) is 7.73. The average molecular weight is 146 g/mol. The summed E-state index contributed by atoms with van der Waals surface area (Å²) in [6.07, 6.45) is 11.5. The van der Waals surface area contributed by atoms with E-state index in [0.29, 0.717) is 6.42 Å². The highest BCUT2D eigenvalue weighted by atomic mass is 16.1. The molecule has 1 rings (SSSR count). The van der Waals surface area contributed by atoms with Crippen LogP contribution in [0.3, 0.4) is 0 Å². The van der Waals surface area contributed by atoms with Crippen LogP contribution in [0.4, 0.5) is 0 Å². The minimum absolute atomic E-state index is 0.0150. The molecule has 0 aromatic rings. The van der Waals surface area contributed by atoms with Crippen LogP contribution in [0, 0.1) is 0 Å². The Morgan fingerprint density at radius 3 is 3.00 bits per heavy atom. The molecule has 0 fully saturated rings. The molecule has 0 spiro atoms. The summed E-state index contributed by atoms with van der Waals surface area (Å²) >= 11 is 0. The molecule has 0 saturated carbocycles. The van der Waals surface area contributed by atoms with E-state index in [0.717, 1.165) is 5.57 Å². The molecule has 0 aliphatic heterocycles. The highest BCUT2D eigenvalue weighted by Gasteiger charge is 2.02. The molecule has 0 amide bonds. The third-order valence-electron chi connectivity index (χ3n) is 1.50. The highest BCUT2D eigenvalue weighted by molar-refractivity contribution is 6.04. The van der Waals surface area contributed by atoms with Crippen molar-refractivity contribution in [2.45, 2.75) is 6.42 Å². The van der Waals surface area contributed by atoms with Gasteiger partial charge in [-0.25, -0.2) is 0 Å². The molecule has 0 unspecified atom stereocenters. The van der Waals surface area contributed by atoms with Crippen LogP contribution in [-0.4, -0.2) is 5.78 Å². The molecule has 0 N–H and O–H groups in total. The van der Waals surface area contributed by atoms with Gasteiger partial charge in [-0.1, -0.05) is 37.0 Å². The molecule has 1 heteroatoms. The average Bonchev–Trinajstić information content (AvgIpc) is 2.30. The van der Waals surface area contributed by atoms with Gasteiger partial charge in [0, 0.05) is 5.57 Å². The van der Waals surface area contributed by atoms with Crippen molar-refractivity contribution in [3.05, 3.63) is 48.6 Å². The van der Waals surface area contributed by atoms with Crippen LogP contribution >= 0.6 is 0 Å². The summed E-state index contributed by atoms with van der Waals surface area (Å²) in [5.41, 5.74) is 0.796. The molecule has 1 nitrogen and oxygen atoms in total. The smallest absolute Gasteiger partial charge is 0.181 e. The summed E-state index contributed by atoms with van der Waals surface area (Å²) < 4.78 is 0. The molecule has 0 radical (unpaired) electrons. The molecule has 0 aromatic heterocycles. The Balaban J connectivity index is 2.79. The molecule has 1 aliphatic rings. The maximum absolute atomic E-state index is 11.1. The lowest BCUT2D eigenvalue weighted by molar-refractivity contribution is -0.111. The predicted molar refractivity (Wildman–Crippen MR) is 46.2 cm³/mol. The third-order valence-corrected chi connectivity index (χ3v) is 1.50. The van der Waals surface area contributed by atoms with Crippen molar-refractivity contribution < 1.29 is 4.79 Å². The van der Waals surface area contributed by atoms with E-state index in [4.69, 9.17) is 0 Å². The van der Waals surface area contributed by atoms with Gasteiger partial charge >= 0.3 is 0 Å². The Kier molecular flexibility index (Phi) is 2.61. The molecule has 1 aliphatic carbocycles. The van der Waals surface area contributed by atoms with Crippen molar-refractivity contribution in [1.29, 1.82) is 0 Å². The van der Waals surface area contributed by atoms with Gasteiger partial charge in [0.25, 0.3) is 0 Å². The second kappa shape index (κ2) is 3.71. The zero-order valence-corrected chi connectivity index (χ0v) is 6.29. The first-order chi connectivity index (χ1) is 5.34. The fraction of sp³-hybridized carbons (Fsp3) is 0.100. The predicted octanol–water partition coefficient (Wildman–Crippen LogP) is 2.18. The van der Waals surface area contributed by atoms with E-state index in [9.17, 15) is 4.79 Å². The monoisotopic (exact) mass is 146 g/mol. The molecule has 0 aromatic carbocycles. The highest BCUT2D eigenvalue weighted by Crippen LogP contribution is 2.08. The maximum atomic E-state index is 11.1. The largest absolute Gasteiger partial charge is 0.290 e. The lowest BCUT2D eigenvalue weighted by Crippen LogP contribution is -1.95. The van der Waals surface area contributed by atoms with Crippen LogP contribution in [0.1, 0.15) is 6.42 Å². The van der Waals surface area contributed by atoms with E-state index in [1.807, 2.05) is 30.4 Å². The second-order valence-electron chi connectivity index (χ2n) is 2.28.